The number of aliphatic hydroxyl groups is 1. The largest absolute Gasteiger partial charge is 0.391 e. The first-order chi connectivity index (χ1) is 10.6. The van der Waals surface area contributed by atoms with Gasteiger partial charge in [-0.15, -0.1) is 0 Å². The lowest BCUT2D eigenvalue weighted by molar-refractivity contribution is -0.123. The van der Waals surface area contributed by atoms with Gasteiger partial charge in [0.25, 0.3) is 0 Å². The Morgan fingerprint density at radius 1 is 1.32 bits per heavy atom. The summed E-state index contributed by atoms with van der Waals surface area (Å²) in [7, 11) is 0. The van der Waals surface area contributed by atoms with Crippen LogP contribution in [0.15, 0.2) is 18.2 Å². The van der Waals surface area contributed by atoms with Gasteiger partial charge in [-0.2, -0.15) is 0 Å². The number of hydrogen-bond donors (Lipinski definition) is 2. The summed E-state index contributed by atoms with van der Waals surface area (Å²) >= 11 is 0. The van der Waals surface area contributed by atoms with E-state index in [9.17, 15) is 18.7 Å². The monoisotopic (exact) mass is 309 g/mol. The fourth-order valence-corrected chi connectivity index (χ4v) is 3.48. The smallest absolute Gasteiger partial charge is 0.223 e. The summed E-state index contributed by atoms with van der Waals surface area (Å²) in [6, 6.07) is 3.48. The summed E-state index contributed by atoms with van der Waals surface area (Å²) in [6.07, 6.45) is 4.40. The highest BCUT2D eigenvalue weighted by Gasteiger charge is 2.45. The van der Waals surface area contributed by atoms with E-state index in [1.807, 2.05) is 0 Å². The van der Waals surface area contributed by atoms with Gasteiger partial charge in [0, 0.05) is 18.5 Å². The second-order valence-corrected chi connectivity index (χ2v) is 6.47. The Morgan fingerprint density at radius 3 is 2.73 bits per heavy atom. The highest BCUT2D eigenvalue weighted by atomic mass is 19.1. The number of aliphatic hydroxyl groups excluding tert-OH is 1. The quantitative estimate of drug-likeness (QED) is 0.878. The van der Waals surface area contributed by atoms with Crippen LogP contribution in [-0.4, -0.2) is 23.7 Å². The third-order valence-corrected chi connectivity index (χ3v) is 4.92. The maximum absolute atomic E-state index is 13.7. The SMILES string of the molecule is O=C(NCC(O)C1CCCC1)C1CC1c1ccc(F)cc1F. The van der Waals surface area contributed by atoms with Crippen molar-refractivity contribution in [3.05, 3.63) is 35.4 Å². The predicted molar refractivity (Wildman–Crippen MR) is 78.2 cm³/mol. The number of amides is 1. The molecule has 0 spiro atoms. The zero-order valence-corrected chi connectivity index (χ0v) is 12.4. The zero-order valence-electron chi connectivity index (χ0n) is 12.4. The number of benzene rings is 1. The minimum Gasteiger partial charge on any atom is -0.391 e. The van der Waals surface area contributed by atoms with E-state index in [4.69, 9.17) is 0 Å². The number of halogens is 2. The van der Waals surface area contributed by atoms with E-state index in [2.05, 4.69) is 5.32 Å². The van der Waals surface area contributed by atoms with Crippen LogP contribution in [0.2, 0.25) is 0 Å². The van der Waals surface area contributed by atoms with Gasteiger partial charge in [-0.1, -0.05) is 18.9 Å². The van der Waals surface area contributed by atoms with Gasteiger partial charge in [-0.3, -0.25) is 4.79 Å². The molecule has 0 heterocycles. The molecule has 0 aliphatic heterocycles. The second kappa shape index (κ2) is 6.32. The molecule has 2 fully saturated rings. The van der Waals surface area contributed by atoms with Crippen LogP contribution in [0.25, 0.3) is 0 Å². The van der Waals surface area contributed by atoms with Crippen LogP contribution >= 0.6 is 0 Å². The summed E-state index contributed by atoms with van der Waals surface area (Å²) in [5.41, 5.74) is 0.401. The van der Waals surface area contributed by atoms with Gasteiger partial charge in [0.2, 0.25) is 5.91 Å². The van der Waals surface area contributed by atoms with E-state index in [0.29, 0.717) is 12.0 Å². The van der Waals surface area contributed by atoms with E-state index < -0.39 is 17.7 Å². The van der Waals surface area contributed by atoms with E-state index >= 15 is 0 Å². The molecule has 0 aromatic heterocycles. The summed E-state index contributed by atoms with van der Waals surface area (Å²) in [5.74, 6) is -1.51. The molecule has 120 valence electrons. The molecule has 2 saturated carbocycles. The molecule has 2 N–H and O–H groups in total. The van der Waals surface area contributed by atoms with Crippen molar-refractivity contribution in [1.82, 2.24) is 5.32 Å². The molecule has 1 aromatic rings. The Morgan fingerprint density at radius 2 is 2.05 bits per heavy atom. The van der Waals surface area contributed by atoms with Crippen molar-refractivity contribution in [2.45, 2.75) is 44.1 Å². The van der Waals surface area contributed by atoms with Crippen LogP contribution in [0.5, 0.6) is 0 Å². The molecule has 1 aromatic carbocycles. The minimum absolute atomic E-state index is 0.147. The molecule has 3 unspecified atom stereocenters. The van der Waals surface area contributed by atoms with Crippen molar-refractivity contribution >= 4 is 5.91 Å². The Bertz CT molecular complexity index is 558. The van der Waals surface area contributed by atoms with Gasteiger partial charge >= 0.3 is 0 Å². The van der Waals surface area contributed by atoms with E-state index in [-0.39, 0.29) is 30.2 Å². The highest BCUT2D eigenvalue weighted by Crippen LogP contribution is 2.48. The summed E-state index contributed by atoms with van der Waals surface area (Å²) in [6.45, 7) is 0.263. The third-order valence-electron chi connectivity index (χ3n) is 4.92. The zero-order chi connectivity index (χ0) is 15.7. The predicted octanol–water partition coefficient (Wildman–Crippen LogP) is 2.74. The summed E-state index contributed by atoms with van der Waals surface area (Å²) in [5, 5.41) is 12.8. The molecule has 0 radical (unpaired) electrons. The van der Waals surface area contributed by atoms with Gasteiger partial charge in [-0.05, 0) is 42.7 Å². The van der Waals surface area contributed by atoms with Crippen LogP contribution < -0.4 is 5.32 Å². The van der Waals surface area contributed by atoms with Gasteiger partial charge < -0.3 is 10.4 Å². The molecule has 2 aliphatic carbocycles. The highest BCUT2D eigenvalue weighted by molar-refractivity contribution is 5.82. The first kappa shape index (κ1) is 15.4. The fraction of sp³-hybridized carbons (Fsp3) is 0.588. The first-order valence-electron chi connectivity index (χ1n) is 7.97. The van der Waals surface area contributed by atoms with Crippen LogP contribution in [0.1, 0.15) is 43.6 Å². The van der Waals surface area contributed by atoms with E-state index in [1.165, 1.54) is 12.1 Å². The van der Waals surface area contributed by atoms with Crippen LogP contribution in [0.4, 0.5) is 8.78 Å². The molecule has 5 heteroatoms. The maximum atomic E-state index is 13.7. The Balaban J connectivity index is 1.50. The Labute approximate surface area is 128 Å². The van der Waals surface area contributed by atoms with Gasteiger partial charge in [0.05, 0.1) is 6.10 Å². The lowest BCUT2D eigenvalue weighted by atomic mass is 10.0. The standard InChI is InChI=1S/C17H21F2NO2/c18-11-5-6-12(15(19)7-11)13-8-14(13)17(22)20-9-16(21)10-3-1-2-4-10/h5-7,10,13-14,16,21H,1-4,8-9H2,(H,20,22). The first-order valence-corrected chi connectivity index (χ1v) is 7.97. The molecule has 22 heavy (non-hydrogen) atoms. The molecule has 2 aliphatic rings. The van der Waals surface area contributed by atoms with Crippen molar-refractivity contribution in [3.63, 3.8) is 0 Å². The topological polar surface area (TPSA) is 49.3 Å². The van der Waals surface area contributed by atoms with Gasteiger partial charge in [0.15, 0.2) is 0 Å². The number of carbonyl (C=O) groups excluding carboxylic acids is 1. The number of rotatable bonds is 5. The van der Waals surface area contributed by atoms with E-state index in [1.54, 1.807) is 0 Å². The molecule has 0 bridgehead atoms. The van der Waals surface area contributed by atoms with Crippen molar-refractivity contribution in [1.29, 1.82) is 0 Å². The molecule has 3 nitrogen and oxygen atoms in total. The molecule has 1 amide bonds. The summed E-state index contributed by atoms with van der Waals surface area (Å²) in [4.78, 5) is 12.1. The van der Waals surface area contributed by atoms with E-state index in [0.717, 1.165) is 31.7 Å². The van der Waals surface area contributed by atoms with Crippen LogP contribution in [0, 0.1) is 23.5 Å². The Hall–Kier alpha value is -1.49. The van der Waals surface area contributed by atoms with Crippen molar-refractivity contribution in [2.24, 2.45) is 11.8 Å². The van der Waals surface area contributed by atoms with Crippen LogP contribution in [-0.2, 0) is 4.79 Å². The normalized spacial score (nSPS) is 26.0. The number of nitrogens with one attached hydrogen (secondary N) is 1. The maximum Gasteiger partial charge on any atom is 0.223 e. The van der Waals surface area contributed by atoms with Crippen molar-refractivity contribution in [2.75, 3.05) is 6.54 Å². The molecule has 3 rings (SSSR count). The lowest BCUT2D eigenvalue weighted by Crippen LogP contribution is -2.36. The average molecular weight is 309 g/mol. The Kier molecular flexibility index (Phi) is 4.43. The molecule has 3 atom stereocenters. The third kappa shape index (κ3) is 3.29. The minimum atomic E-state index is -0.609. The fourth-order valence-electron chi connectivity index (χ4n) is 3.48. The van der Waals surface area contributed by atoms with Gasteiger partial charge in [0.1, 0.15) is 11.6 Å². The molecular weight excluding hydrogens is 288 g/mol. The average Bonchev–Trinajstić information content (AvgIpc) is 3.08. The number of hydrogen-bond acceptors (Lipinski definition) is 2. The molecular formula is C17H21F2NO2. The van der Waals surface area contributed by atoms with Crippen LogP contribution in [0.3, 0.4) is 0 Å². The van der Waals surface area contributed by atoms with Gasteiger partial charge in [-0.25, -0.2) is 8.78 Å². The number of carbonyl (C=O) groups is 1. The summed E-state index contributed by atoms with van der Waals surface area (Å²) < 4.78 is 26.6. The second-order valence-electron chi connectivity index (χ2n) is 6.47. The lowest BCUT2D eigenvalue weighted by Gasteiger charge is -2.18. The molecule has 0 saturated heterocycles. The van der Waals surface area contributed by atoms with Crippen molar-refractivity contribution < 1.29 is 18.7 Å². The van der Waals surface area contributed by atoms with Crippen molar-refractivity contribution in [3.8, 4) is 0 Å².